The number of piperazine rings is 1. The molecule has 1 aliphatic heterocycles. The molecule has 1 saturated heterocycles. The standard InChI is InChI=1S/C15H21N5O2/c1-11(18-13(21)12-3-4-12)14(22)19-7-9-20(10-8-19)15-16-5-2-6-17-15/h2,5-6,11-12H,3-4,7-10H2,1H3,(H,18,21)/t11-/m1/s1. The maximum atomic E-state index is 12.4. The van der Waals surface area contributed by atoms with Gasteiger partial charge in [0.15, 0.2) is 0 Å². The van der Waals surface area contributed by atoms with Crippen LogP contribution in [0, 0.1) is 5.92 Å². The maximum Gasteiger partial charge on any atom is 0.244 e. The van der Waals surface area contributed by atoms with Crippen LogP contribution in [0.4, 0.5) is 5.95 Å². The molecule has 7 heteroatoms. The molecule has 1 aromatic rings. The monoisotopic (exact) mass is 303 g/mol. The van der Waals surface area contributed by atoms with Crippen molar-refractivity contribution >= 4 is 17.8 Å². The second kappa shape index (κ2) is 6.29. The van der Waals surface area contributed by atoms with Crippen LogP contribution in [-0.4, -0.2) is 58.9 Å². The lowest BCUT2D eigenvalue weighted by Gasteiger charge is -2.35. The number of nitrogens with one attached hydrogen (secondary N) is 1. The van der Waals surface area contributed by atoms with Crippen molar-refractivity contribution in [3.05, 3.63) is 18.5 Å². The van der Waals surface area contributed by atoms with Crippen LogP contribution in [0.3, 0.4) is 0 Å². The van der Waals surface area contributed by atoms with E-state index in [1.54, 1.807) is 30.3 Å². The van der Waals surface area contributed by atoms with E-state index in [0.717, 1.165) is 12.8 Å². The van der Waals surface area contributed by atoms with Gasteiger partial charge in [0.1, 0.15) is 6.04 Å². The highest BCUT2D eigenvalue weighted by molar-refractivity contribution is 5.89. The SMILES string of the molecule is C[C@@H](NC(=O)C1CC1)C(=O)N1CCN(c2ncccn2)CC1. The molecule has 118 valence electrons. The van der Waals surface area contributed by atoms with E-state index in [2.05, 4.69) is 20.2 Å². The Morgan fingerprint density at radius 3 is 2.41 bits per heavy atom. The molecule has 0 spiro atoms. The summed E-state index contributed by atoms with van der Waals surface area (Å²) in [6.07, 6.45) is 5.33. The third kappa shape index (κ3) is 3.35. The van der Waals surface area contributed by atoms with Crippen molar-refractivity contribution in [2.24, 2.45) is 5.92 Å². The first kappa shape index (κ1) is 14.7. The second-order valence-corrected chi connectivity index (χ2v) is 5.87. The average molecular weight is 303 g/mol. The predicted molar refractivity (Wildman–Crippen MR) is 81.2 cm³/mol. The van der Waals surface area contributed by atoms with Gasteiger partial charge in [0.2, 0.25) is 17.8 Å². The molecule has 0 radical (unpaired) electrons. The summed E-state index contributed by atoms with van der Waals surface area (Å²) in [6, 6.07) is 1.33. The normalized spacial score (nSPS) is 19.7. The van der Waals surface area contributed by atoms with Gasteiger partial charge in [-0.15, -0.1) is 0 Å². The van der Waals surface area contributed by atoms with E-state index in [0.29, 0.717) is 32.1 Å². The summed E-state index contributed by atoms with van der Waals surface area (Å²) in [5.41, 5.74) is 0. The minimum atomic E-state index is -0.451. The zero-order chi connectivity index (χ0) is 15.5. The first-order chi connectivity index (χ1) is 10.6. The first-order valence-electron chi connectivity index (χ1n) is 7.76. The Bertz CT molecular complexity index is 538. The fourth-order valence-electron chi connectivity index (χ4n) is 2.59. The fraction of sp³-hybridized carbons (Fsp3) is 0.600. The number of aromatic nitrogens is 2. The zero-order valence-corrected chi connectivity index (χ0v) is 12.7. The fourth-order valence-corrected chi connectivity index (χ4v) is 2.59. The van der Waals surface area contributed by atoms with Gasteiger partial charge in [-0.05, 0) is 25.8 Å². The Morgan fingerprint density at radius 2 is 1.82 bits per heavy atom. The summed E-state index contributed by atoms with van der Waals surface area (Å²) in [5, 5.41) is 2.81. The molecule has 2 amide bonds. The van der Waals surface area contributed by atoms with Crippen LogP contribution in [0.5, 0.6) is 0 Å². The van der Waals surface area contributed by atoms with Gasteiger partial charge in [-0.1, -0.05) is 0 Å². The number of rotatable bonds is 4. The van der Waals surface area contributed by atoms with Gasteiger partial charge < -0.3 is 15.1 Å². The third-order valence-corrected chi connectivity index (χ3v) is 4.10. The Balaban J connectivity index is 1.50. The van der Waals surface area contributed by atoms with Crippen molar-refractivity contribution in [2.75, 3.05) is 31.1 Å². The van der Waals surface area contributed by atoms with E-state index in [1.807, 2.05) is 0 Å². The average Bonchev–Trinajstić information content (AvgIpc) is 3.40. The van der Waals surface area contributed by atoms with Crippen LogP contribution in [-0.2, 0) is 9.59 Å². The topological polar surface area (TPSA) is 78.4 Å². The van der Waals surface area contributed by atoms with E-state index < -0.39 is 6.04 Å². The summed E-state index contributed by atoms with van der Waals surface area (Å²) >= 11 is 0. The van der Waals surface area contributed by atoms with Crippen molar-refractivity contribution in [1.29, 1.82) is 0 Å². The lowest BCUT2D eigenvalue weighted by molar-refractivity contribution is -0.136. The van der Waals surface area contributed by atoms with Gasteiger partial charge in [0.05, 0.1) is 0 Å². The molecule has 0 unspecified atom stereocenters. The summed E-state index contributed by atoms with van der Waals surface area (Å²) < 4.78 is 0. The number of hydrogen-bond acceptors (Lipinski definition) is 5. The number of carbonyl (C=O) groups excluding carboxylic acids is 2. The summed E-state index contributed by atoms with van der Waals surface area (Å²) in [7, 11) is 0. The van der Waals surface area contributed by atoms with Crippen molar-refractivity contribution in [1.82, 2.24) is 20.2 Å². The molecule has 0 bridgehead atoms. The van der Waals surface area contributed by atoms with Crippen molar-refractivity contribution in [3.8, 4) is 0 Å². The van der Waals surface area contributed by atoms with Gasteiger partial charge in [-0.25, -0.2) is 9.97 Å². The maximum absolute atomic E-state index is 12.4. The molecule has 22 heavy (non-hydrogen) atoms. The molecule has 1 saturated carbocycles. The second-order valence-electron chi connectivity index (χ2n) is 5.87. The minimum absolute atomic E-state index is 0.0113. The Kier molecular flexibility index (Phi) is 4.22. The van der Waals surface area contributed by atoms with Crippen LogP contribution in [0.15, 0.2) is 18.5 Å². The van der Waals surface area contributed by atoms with Gasteiger partial charge >= 0.3 is 0 Å². The number of carbonyl (C=O) groups is 2. The van der Waals surface area contributed by atoms with E-state index in [4.69, 9.17) is 0 Å². The molecule has 1 aliphatic carbocycles. The summed E-state index contributed by atoms with van der Waals surface area (Å²) in [5.74, 6) is 0.826. The van der Waals surface area contributed by atoms with Gasteiger partial charge in [0.25, 0.3) is 0 Å². The number of nitrogens with zero attached hydrogens (tertiary/aromatic N) is 4. The predicted octanol–water partition coefficient (Wildman–Crippen LogP) is 0.0399. The number of amides is 2. The minimum Gasteiger partial charge on any atom is -0.344 e. The third-order valence-electron chi connectivity index (χ3n) is 4.10. The van der Waals surface area contributed by atoms with E-state index in [1.165, 1.54) is 0 Å². The molecule has 1 atom stereocenters. The molecular formula is C15H21N5O2. The highest BCUT2D eigenvalue weighted by Gasteiger charge is 2.33. The summed E-state index contributed by atoms with van der Waals surface area (Å²) in [4.78, 5) is 36.4. The van der Waals surface area contributed by atoms with Gasteiger partial charge in [-0.3, -0.25) is 9.59 Å². The largest absolute Gasteiger partial charge is 0.344 e. The van der Waals surface area contributed by atoms with Crippen molar-refractivity contribution in [3.63, 3.8) is 0 Å². The molecule has 2 aliphatic rings. The van der Waals surface area contributed by atoms with Crippen LogP contribution >= 0.6 is 0 Å². The Morgan fingerprint density at radius 1 is 1.18 bits per heavy atom. The number of hydrogen-bond donors (Lipinski definition) is 1. The zero-order valence-electron chi connectivity index (χ0n) is 12.7. The molecule has 7 nitrogen and oxygen atoms in total. The van der Waals surface area contributed by atoms with E-state index in [-0.39, 0.29) is 17.7 Å². The molecule has 3 rings (SSSR count). The van der Waals surface area contributed by atoms with Crippen LogP contribution < -0.4 is 10.2 Å². The highest BCUT2D eigenvalue weighted by Crippen LogP contribution is 2.28. The lowest BCUT2D eigenvalue weighted by atomic mass is 10.2. The number of anilines is 1. The smallest absolute Gasteiger partial charge is 0.244 e. The van der Waals surface area contributed by atoms with E-state index in [9.17, 15) is 9.59 Å². The van der Waals surface area contributed by atoms with Crippen molar-refractivity contribution in [2.45, 2.75) is 25.8 Å². The molecule has 2 heterocycles. The molecule has 2 fully saturated rings. The summed E-state index contributed by atoms with van der Waals surface area (Å²) in [6.45, 7) is 4.43. The van der Waals surface area contributed by atoms with Crippen LogP contribution in [0.1, 0.15) is 19.8 Å². The van der Waals surface area contributed by atoms with Crippen LogP contribution in [0.25, 0.3) is 0 Å². The lowest BCUT2D eigenvalue weighted by Crippen LogP contribution is -2.54. The first-order valence-corrected chi connectivity index (χ1v) is 7.76. The highest BCUT2D eigenvalue weighted by atomic mass is 16.2. The van der Waals surface area contributed by atoms with Gasteiger partial charge in [-0.2, -0.15) is 0 Å². The quantitative estimate of drug-likeness (QED) is 0.850. The molecule has 0 aromatic carbocycles. The van der Waals surface area contributed by atoms with E-state index >= 15 is 0 Å². The molecule has 1 N–H and O–H groups in total. The Hall–Kier alpha value is -2.18. The van der Waals surface area contributed by atoms with Crippen LogP contribution in [0.2, 0.25) is 0 Å². The van der Waals surface area contributed by atoms with Gasteiger partial charge in [0, 0.05) is 44.5 Å². The molecular weight excluding hydrogens is 282 g/mol. The van der Waals surface area contributed by atoms with Crippen molar-refractivity contribution < 1.29 is 9.59 Å². The Labute approximate surface area is 129 Å². The molecule has 1 aromatic heterocycles.